The molecule has 1 aromatic carbocycles. The Hall–Kier alpha value is -1.93. The van der Waals surface area contributed by atoms with E-state index in [2.05, 4.69) is 34.2 Å². The second-order valence-corrected chi connectivity index (χ2v) is 2.57. The summed E-state index contributed by atoms with van der Waals surface area (Å²) in [5, 5.41) is 10.6. The monoisotopic (exact) mass is 198 g/mol. The molecule has 2 nitrogen and oxygen atoms in total. The SMILES string of the molecule is N#CCC#Cc1cccc(N=C=S)c1. The Morgan fingerprint density at radius 1 is 1.43 bits per heavy atom. The molecule has 3 heteroatoms. The van der Waals surface area contributed by atoms with Crippen molar-refractivity contribution in [3.05, 3.63) is 29.8 Å². The third-order valence-electron chi connectivity index (χ3n) is 1.42. The molecule has 0 aliphatic carbocycles. The van der Waals surface area contributed by atoms with Crippen molar-refractivity contribution in [2.24, 2.45) is 4.99 Å². The molecule has 0 aliphatic rings. The topological polar surface area (TPSA) is 36.1 Å². The van der Waals surface area contributed by atoms with Crippen LogP contribution in [0.15, 0.2) is 29.3 Å². The van der Waals surface area contributed by atoms with Gasteiger partial charge in [0.1, 0.15) is 0 Å². The third kappa shape index (κ3) is 3.21. The van der Waals surface area contributed by atoms with E-state index in [0.29, 0.717) is 0 Å². The number of nitrogens with zero attached hydrogens (tertiary/aromatic N) is 2. The fourth-order valence-corrected chi connectivity index (χ4v) is 0.997. The number of hydrogen-bond acceptors (Lipinski definition) is 3. The van der Waals surface area contributed by atoms with E-state index in [1.807, 2.05) is 24.3 Å². The maximum Gasteiger partial charge on any atom is 0.0966 e. The molecule has 0 amide bonds. The quantitative estimate of drug-likeness (QED) is 0.395. The fourth-order valence-electron chi connectivity index (χ4n) is 0.892. The zero-order chi connectivity index (χ0) is 10.2. The van der Waals surface area contributed by atoms with Gasteiger partial charge in [-0.1, -0.05) is 17.9 Å². The Morgan fingerprint density at radius 3 is 3.00 bits per heavy atom. The summed E-state index contributed by atoms with van der Waals surface area (Å²) in [5.74, 6) is 5.57. The van der Waals surface area contributed by atoms with Gasteiger partial charge in [0.2, 0.25) is 0 Å². The summed E-state index contributed by atoms with van der Waals surface area (Å²) in [6.45, 7) is 0. The van der Waals surface area contributed by atoms with Crippen molar-refractivity contribution >= 4 is 23.1 Å². The van der Waals surface area contributed by atoms with E-state index >= 15 is 0 Å². The molecule has 0 radical (unpaired) electrons. The van der Waals surface area contributed by atoms with Crippen LogP contribution in [0.4, 0.5) is 5.69 Å². The van der Waals surface area contributed by atoms with E-state index in [9.17, 15) is 0 Å². The van der Waals surface area contributed by atoms with Gasteiger partial charge < -0.3 is 0 Å². The van der Waals surface area contributed by atoms with Crippen molar-refractivity contribution in [2.45, 2.75) is 6.42 Å². The molecular weight excluding hydrogens is 192 g/mol. The first kappa shape index (κ1) is 10.2. The van der Waals surface area contributed by atoms with Crippen LogP contribution in [0.25, 0.3) is 0 Å². The first-order chi connectivity index (χ1) is 6.86. The summed E-state index contributed by atoms with van der Waals surface area (Å²) in [5.41, 5.74) is 1.55. The number of nitriles is 1. The second-order valence-electron chi connectivity index (χ2n) is 2.39. The smallest absolute Gasteiger partial charge is 0.0966 e. The van der Waals surface area contributed by atoms with E-state index in [-0.39, 0.29) is 6.42 Å². The van der Waals surface area contributed by atoms with Gasteiger partial charge in [0.05, 0.1) is 23.3 Å². The van der Waals surface area contributed by atoms with Gasteiger partial charge in [-0.25, -0.2) is 0 Å². The molecule has 0 aliphatic heterocycles. The van der Waals surface area contributed by atoms with Gasteiger partial charge in [-0.2, -0.15) is 10.3 Å². The third-order valence-corrected chi connectivity index (χ3v) is 1.51. The van der Waals surface area contributed by atoms with Crippen LogP contribution in [-0.4, -0.2) is 5.16 Å². The normalized spacial score (nSPS) is 7.64. The number of hydrogen-bond donors (Lipinski definition) is 0. The molecule has 0 bridgehead atoms. The van der Waals surface area contributed by atoms with E-state index in [4.69, 9.17) is 5.26 Å². The maximum atomic E-state index is 8.29. The Kier molecular flexibility index (Phi) is 4.11. The molecule has 66 valence electrons. The van der Waals surface area contributed by atoms with E-state index < -0.39 is 0 Å². The van der Waals surface area contributed by atoms with Crippen molar-refractivity contribution in [3.8, 4) is 17.9 Å². The minimum absolute atomic E-state index is 0.237. The van der Waals surface area contributed by atoms with Crippen LogP contribution >= 0.6 is 12.2 Å². The molecule has 0 fully saturated rings. The molecule has 0 spiro atoms. The predicted molar refractivity (Wildman–Crippen MR) is 58.2 cm³/mol. The lowest BCUT2D eigenvalue weighted by Gasteiger charge is -1.91. The fraction of sp³-hybridized carbons (Fsp3) is 0.0909. The van der Waals surface area contributed by atoms with Gasteiger partial charge in [-0.3, -0.25) is 0 Å². The average molecular weight is 198 g/mol. The van der Waals surface area contributed by atoms with Crippen LogP contribution in [0.5, 0.6) is 0 Å². The molecule has 1 aromatic rings. The first-order valence-corrected chi connectivity index (χ1v) is 4.31. The summed E-state index contributed by atoms with van der Waals surface area (Å²) in [4.78, 5) is 3.83. The maximum absolute atomic E-state index is 8.29. The lowest BCUT2D eigenvalue weighted by molar-refractivity contribution is 1.39. The van der Waals surface area contributed by atoms with Crippen molar-refractivity contribution in [1.82, 2.24) is 0 Å². The molecule has 14 heavy (non-hydrogen) atoms. The van der Waals surface area contributed by atoms with Gasteiger partial charge in [0, 0.05) is 5.56 Å². The van der Waals surface area contributed by atoms with Gasteiger partial charge in [-0.15, -0.1) is 0 Å². The van der Waals surface area contributed by atoms with Crippen molar-refractivity contribution in [2.75, 3.05) is 0 Å². The van der Waals surface area contributed by atoms with Crippen LogP contribution in [0.3, 0.4) is 0 Å². The second kappa shape index (κ2) is 5.67. The van der Waals surface area contributed by atoms with Crippen LogP contribution < -0.4 is 0 Å². The number of isothiocyanates is 1. The van der Waals surface area contributed by atoms with Crippen molar-refractivity contribution in [3.63, 3.8) is 0 Å². The highest BCUT2D eigenvalue weighted by Gasteiger charge is 1.89. The largest absolute Gasteiger partial charge is 0.197 e. The molecule has 0 unspecified atom stereocenters. The minimum atomic E-state index is 0.237. The van der Waals surface area contributed by atoms with Crippen molar-refractivity contribution in [1.29, 1.82) is 5.26 Å². The first-order valence-electron chi connectivity index (χ1n) is 3.90. The number of aliphatic imine (C=N–C) groups is 1. The Morgan fingerprint density at radius 2 is 2.29 bits per heavy atom. The van der Waals surface area contributed by atoms with Gasteiger partial charge in [-0.05, 0) is 30.4 Å². The molecule has 0 atom stereocenters. The van der Waals surface area contributed by atoms with Crippen LogP contribution in [0, 0.1) is 23.2 Å². The lowest BCUT2D eigenvalue weighted by Crippen LogP contribution is -1.72. The predicted octanol–water partition coefficient (Wildman–Crippen LogP) is 2.69. The minimum Gasteiger partial charge on any atom is -0.197 e. The molecule has 0 saturated carbocycles. The summed E-state index contributed by atoms with van der Waals surface area (Å²) >= 11 is 4.49. The Labute approximate surface area is 87.9 Å². The standard InChI is InChI=1S/C11H6N2S/c12-7-2-1-4-10-5-3-6-11(8-10)13-9-14/h3,5-6,8H,2H2. The van der Waals surface area contributed by atoms with Gasteiger partial charge in [0.15, 0.2) is 0 Å². The van der Waals surface area contributed by atoms with E-state index in [1.165, 1.54) is 0 Å². The van der Waals surface area contributed by atoms with Crippen LogP contribution in [0.1, 0.15) is 12.0 Å². The van der Waals surface area contributed by atoms with E-state index in [1.54, 1.807) is 6.07 Å². The number of thiocarbonyl (C=S) groups is 1. The summed E-state index contributed by atoms with van der Waals surface area (Å²) in [6.07, 6.45) is 0.237. The van der Waals surface area contributed by atoms with Crippen molar-refractivity contribution < 1.29 is 0 Å². The van der Waals surface area contributed by atoms with Gasteiger partial charge >= 0.3 is 0 Å². The lowest BCUT2D eigenvalue weighted by atomic mass is 10.2. The average Bonchev–Trinajstić information content (AvgIpc) is 2.19. The highest BCUT2D eigenvalue weighted by Crippen LogP contribution is 2.12. The molecular formula is C11H6N2S. The molecule has 1 rings (SSSR count). The molecule has 0 N–H and O–H groups in total. The molecule has 0 saturated heterocycles. The number of rotatable bonds is 1. The molecule has 0 heterocycles. The summed E-state index contributed by atoms with van der Waals surface area (Å²) < 4.78 is 0. The zero-order valence-corrected chi connectivity index (χ0v) is 8.14. The molecule has 0 aromatic heterocycles. The number of benzene rings is 1. The highest BCUT2D eigenvalue weighted by atomic mass is 32.1. The zero-order valence-electron chi connectivity index (χ0n) is 7.32. The van der Waals surface area contributed by atoms with E-state index in [0.717, 1.165) is 11.3 Å². The summed E-state index contributed by atoms with van der Waals surface area (Å²) in [6, 6.07) is 9.25. The summed E-state index contributed by atoms with van der Waals surface area (Å²) in [7, 11) is 0. The Bertz CT molecular complexity index is 468. The van der Waals surface area contributed by atoms with Gasteiger partial charge in [0.25, 0.3) is 0 Å². The van der Waals surface area contributed by atoms with Crippen LogP contribution in [0.2, 0.25) is 0 Å². The Balaban J connectivity index is 2.91. The van der Waals surface area contributed by atoms with Crippen LogP contribution in [-0.2, 0) is 0 Å². The highest BCUT2D eigenvalue weighted by molar-refractivity contribution is 7.78.